The lowest BCUT2D eigenvalue weighted by atomic mass is 9.81. The molecule has 3 aliphatic rings. The summed E-state index contributed by atoms with van der Waals surface area (Å²) in [7, 11) is -3.87. The summed E-state index contributed by atoms with van der Waals surface area (Å²) in [4.78, 5) is 31.9. The molecule has 8 nitrogen and oxygen atoms in total. The van der Waals surface area contributed by atoms with Crippen molar-refractivity contribution in [3.63, 3.8) is 0 Å². The molecule has 0 spiro atoms. The highest BCUT2D eigenvalue weighted by Gasteiger charge is 2.48. The first-order valence-corrected chi connectivity index (χ1v) is 13.2. The second kappa shape index (κ2) is 7.66. The Hall–Kier alpha value is -3.20. The molecule has 0 N–H and O–H groups in total. The number of hydrogen-bond acceptors (Lipinski definition) is 5. The number of sulfonamides is 1. The van der Waals surface area contributed by atoms with E-state index in [0.717, 1.165) is 36.7 Å². The number of nitrogens with zero attached hydrogens (tertiary/aromatic N) is 4. The number of hydrogen-bond donors (Lipinski definition) is 0. The zero-order valence-corrected chi connectivity index (χ0v) is 19.8. The maximum absolute atomic E-state index is 13.7. The third-order valence-electron chi connectivity index (χ3n) is 7.48. The molecule has 176 valence electrons. The lowest BCUT2D eigenvalue weighted by Gasteiger charge is -2.20. The summed E-state index contributed by atoms with van der Waals surface area (Å²) < 4.78 is 30.8. The third kappa shape index (κ3) is 3.10. The summed E-state index contributed by atoms with van der Waals surface area (Å²) in [5.74, 6) is -0.249. The number of benzene rings is 2. The van der Waals surface area contributed by atoms with E-state index in [4.69, 9.17) is 0 Å². The van der Waals surface area contributed by atoms with Gasteiger partial charge < -0.3 is 4.57 Å². The second-order valence-electron chi connectivity index (χ2n) is 9.49. The summed E-state index contributed by atoms with van der Waals surface area (Å²) >= 11 is 0. The predicted octanol–water partition coefficient (Wildman–Crippen LogP) is 3.23. The number of imide groups is 1. The topological polar surface area (TPSA) is 92.6 Å². The average Bonchev–Trinajstić information content (AvgIpc) is 3.48. The van der Waals surface area contributed by atoms with Crippen LogP contribution in [0.15, 0.2) is 47.4 Å². The molecule has 34 heavy (non-hydrogen) atoms. The van der Waals surface area contributed by atoms with Crippen LogP contribution in [-0.2, 0) is 32.7 Å². The number of likely N-dealkylation sites (tertiary alicyclic amines) is 1. The number of rotatable bonds is 4. The van der Waals surface area contributed by atoms with Crippen molar-refractivity contribution in [3.05, 3.63) is 53.6 Å². The molecule has 0 bridgehead atoms. The van der Waals surface area contributed by atoms with Crippen LogP contribution in [0.2, 0.25) is 0 Å². The van der Waals surface area contributed by atoms with Gasteiger partial charge in [-0.1, -0.05) is 37.1 Å². The Kier molecular flexibility index (Phi) is 4.81. The zero-order chi connectivity index (χ0) is 23.6. The van der Waals surface area contributed by atoms with Crippen molar-refractivity contribution in [2.24, 2.45) is 11.8 Å². The number of carbonyl (C=O) groups excluding carboxylic acids is 2. The Bertz CT molecular complexity index is 1420. The van der Waals surface area contributed by atoms with E-state index in [-0.39, 0.29) is 35.1 Å². The third-order valence-corrected chi connectivity index (χ3v) is 9.40. The predicted molar refractivity (Wildman–Crippen MR) is 126 cm³/mol. The number of carbonyl (C=O) groups is 2. The van der Waals surface area contributed by atoms with Gasteiger partial charge in [0, 0.05) is 6.54 Å². The summed E-state index contributed by atoms with van der Waals surface area (Å²) in [6.45, 7) is 2.71. The highest BCUT2D eigenvalue weighted by atomic mass is 32.2. The van der Waals surface area contributed by atoms with Crippen LogP contribution in [0.5, 0.6) is 0 Å². The minimum absolute atomic E-state index is 0.103. The molecule has 2 aliphatic heterocycles. The van der Waals surface area contributed by atoms with Gasteiger partial charge in [0.15, 0.2) is 0 Å². The number of fused-ring (bicyclic) bond motifs is 4. The van der Waals surface area contributed by atoms with Crippen molar-refractivity contribution in [3.8, 4) is 0 Å². The van der Waals surface area contributed by atoms with Crippen molar-refractivity contribution >= 4 is 38.8 Å². The van der Waals surface area contributed by atoms with Gasteiger partial charge in [-0.05, 0) is 49.1 Å². The molecule has 1 saturated heterocycles. The summed E-state index contributed by atoms with van der Waals surface area (Å²) in [6, 6.07) is 12.8. The molecule has 0 radical (unpaired) electrons. The van der Waals surface area contributed by atoms with Gasteiger partial charge in [0.2, 0.25) is 17.8 Å². The lowest BCUT2D eigenvalue weighted by Crippen LogP contribution is -2.32. The lowest BCUT2D eigenvalue weighted by molar-refractivity contribution is -0.140. The normalized spacial score (nSPS) is 22.5. The molecular weight excluding hydrogens is 452 g/mol. The molecule has 9 heteroatoms. The number of amides is 2. The van der Waals surface area contributed by atoms with Crippen molar-refractivity contribution in [1.29, 1.82) is 0 Å². The van der Waals surface area contributed by atoms with Gasteiger partial charge in [0.25, 0.3) is 10.0 Å². The van der Waals surface area contributed by atoms with E-state index in [0.29, 0.717) is 30.2 Å². The summed E-state index contributed by atoms with van der Waals surface area (Å²) in [5.41, 5.74) is 2.92. The molecule has 3 heterocycles. The van der Waals surface area contributed by atoms with E-state index in [1.54, 1.807) is 25.1 Å². The highest BCUT2D eigenvalue weighted by Crippen LogP contribution is 2.39. The smallest absolute Gasteiger partial charge is 0.266 e. The van der Waals surface area contributed by atoms with Crippen LogP contribution < -0.4 is 4.31 Å². The first kappa shape index (κ1) is 21.3. The highest BCUT2D eigenvalue weighted by molar-refractivity contribution is 7.92. The number of aromatic nitrogens is 2. The van der Waals surface area contributed by atoms with Gasteiger partial charge in [-0.3, -0.25) is 14.5 Å². The first-order chi connectivity index (χ1) is 16.4. The van der Waals surface area contributed by atoms with Crippen LogP contribution in [0.4, 0.5) is 5.95 Å². The maximum atomic E-state index is 13.7. The van der Waals surface area contributed by atoms with Crippen LogP contribution in [-0.4, -0.2) is 41.2 Å². The first-order valence-electron chi connectivity index (χ1n) is 11.8. The van der Waals surface area contributed by atoms with Gasteiger partial charge in [-0.25, -0.2) is 17.7 Å². The van der Waals surface area contributed by atoms with Crippen LogP contribution >= 0.6 is 0 Å². The SMILES string of the molecule is Cc1ccc(CN2C(=O)C3CCCCC3C2=O)cc1S(=O)(=O)N1CCn2c1nc1ccccc12. The van der Waals surface area contributed by atoms with Crippen LogP contribution in [0, 0.1) is 18.8 Å². The molecule has 2 fully saturated rings. The van der Waals surface area contributed by atoms with Gasteiger partial charge in [-0.15, -0.1) is 0 Å². The Morgan fingerprint density at radius 1 is 0.971 bits per heavy atom. The fourth-order valence-electron chi connectivity index (χ4n) is 5.70. The summed E-state index contributed by atoms with van der Waals surface area (Å²) in [5, 5.41) is 0. The van der Waals surface area contributed by atoms with Crippen LogP contribution in [0.3, 0.4) is 0 Å². The second-order valence-corrected chi connectivity index (χ2v) is 11.3. The van der Waals surface area contributed by atoms with Gasteiger partial charge in [0.05, 0.1) is 40.9 Å². The Morgan fingerprint density at radius 3 is 2.41 bits per heavy atom. The minimum atomic E-state index is -3.87. The minimum Gasteiger partial charge on any atom is -0.307 e. The van der Waals surface area contributed by atoms with Crippen molar-refractivity contribution in [2.75, 3.05) is 10.8 Å². The largest absolute Gasteiger partial charge is 0.307 e. The Balaban J connectivity index is 1.33. The zero-order valence-electron chi connectivity index (χ0n) is 19.0. The Labute approximate surface area is 198 Å². The number of aryl methyl sites for hydroxylation is 1. The van der Waals surface area contributed by atoms with E-state index in [1.165, 1.54) is 9.21 Å². The number of imidazole rings is 1. The molecule has 2 atom stereocenters. The molecule has 6 rings (SSSR count). The van der Waals surface area contributed by atoms with E-state index >= 15 is 0 Å². The molecule has 1 saturated carbocycles. The molecule has 2 aromatic carbocycles. The quantitative estimate of drug-likeness (QED) is 0.537. The molecule has 1 aromatic heterocycles. The van der Waals surface area contributed by atoms with Crippen molar-refractivity contribution in [2.45, 2.75) is 50.6 Å². The summed E-state index contributed by atoms with van der Waals surface area (Å²) in [6.07, 6.45) is 3.47. The molecule has 1 aliphatic carbocycles. The number of para-hydroxylation sites is 2. The fraction of sp³-hybridized carbons (Fsp3) is 0.400. The maximum Gasteiger partial charge on any atom is 0.266 e. The van der Waals surface area contributed by atoms with Crippen molar-refractivity contribution in [1.82, 2.24) is 14.5 Å². The monoisotopic (exact) mass is 478 g/mol. The molecule has 2 unspecified atom stereocenters. The molecule has 2 amide bonds. The molecular formula is C25H26N4O4S. The van der Waals surface area contributed by atoms with E-state index in [1.807, 2.05) is 28.8 Å². The average molecular weight is 479 g/mol. The van der Waals surface area contributed by atoms with Gasteiger partial charge >= 0.3 is 0 Å². The fourth-order valence-corrected chi connectivity index (χ4v) is 7.39. The van der Waals surface area contributed by atoms with Crippen LogP contribution in [0.1, 0.15) is 36.8 Å². The van der Waals surface area contributed by atoms with Gasteiger partial charge in [0.1, 0.15) is 0 Å². The standard InChI is InChI=1S/C25H26N4O4S/c1-16-10-11-17(15-28-23(30)18-6-2-3-7-19(18)24(28)31)14-22(16)34(32,33)29-13-12-27-21-9-5-4-8-20(21)26-25(27)29/h4-5,8-11,14,18-19H,2-3,6-7,12-13,15H2,1H3. The van der Waals surface area contributed by atoms with E-state index < -0.39 is 10.0 Å². The van der Waals surface area contributed by atoms with E-state index in [2.05, 4.69) is 4.98 Å². The van der Waals surface area contributed by atoms with Crippen LogP contribution in [0.25, 0.3) is 11.0 Å². The van der Waals surface area contributed by atoms with Gasteiger partial charge in [-0.2, -0.15) is 0 Å². The van der Waals surface area contributed by atoms with E-state index in [9.17, 15) is 18.0 Å². The number of anilines is 1. The Morgan fingerprint density at radius 2 is 1.68 bits per heavy atom. The van der Waals surface area contributed by atoms with Crippen molar-refractivity contribution < 1.29 is 18.0 Å². The molecule has 3 aromatic rings.